The number of nitrogens with one attached hydrogen (secondary N) is 2. The lowest BCUT2D eigenvalue weighted by atomic mass is 9.83. The number of hydrogen-bond donors (Lipinski definition) is 3. The Morgan fingerprint density at radius 1 is 1.07 bits per heavy atom. The molecule has 1 aromatic heterocycles. The van der Waals surface area contributed by atoms with Crippen LogP contribution in [0.1, 0.15) is 70.1 Å². The highest BCUT2D eigenvalue weighted by Gasteiger charge is 2.34. The Labute approximate surface area is 172 Å². The van der Waals surface area contributed by atoms with Crippen molar-refractivity contribution in [1.82, 2.24) is 15.6 Å². The summed E-state index contributed by atoms with van der Waals surface area (Å²) in [6.45, 7) is 0.369. The number of fused-ring (bicyclic) bond motifs is 1. The SMILES string of the molecule is N#Cc1cc(C2CC2)c(N)nc1-c1cc2c(cc1C1CCC(=O)NC1=O)C(=O)NC2. The van der Waals surface area contributed by atoms with Crippen LogP contribution in [0.4, 0.5) is 5.82 Å². The number of imide groups is 1. The van der Waals surface area contributed by atoms with Gasteiger partial charge in [0.15, 0.2) is 0 Å². The summed E-state index contributed by atoms with van der Waals surface area (Å²) >= 11 is 0. The van der Waals surface area contributed by atoms with Crippen LogP contribution in [0.25, 0.3) is 11.3 Å². The summed E-state index contributed by atoms with van der Waals surface area (Å²) in [5.74, 6) is -0.820. The molecule has 1 unspecified atom stereocenters. The van der Waals surface area contributed by atoms with Gasteiger partial charge < -0.3 is 11.1 Å². The van der Waals surface area contributed by atoms with Gasteiger partial charge in [-0.15, -0.1) is 0 Å². The molecule has 1 saturated heterocycles. The molecule has 1 saturated carbocycles. The molecule has 0 bridgehead atoms. The first-order chi connectivity index (χ1) is 14.5. The number of nitrogens with zero attached hydrogens (tertiary/aromatic N) is 2. The van der Waals surface area contributed by atoms with Gasteiger partial charge >= 0.3 is 0 Å². The third kappa shape index (κ3) is 2.90. The van der Waals surface area contributed by atoms with E-state index in [1.165, 1.54) is 0 Å². The molecule has 2 aromatic rings. The topological polar surface area (TPSA) is 138 Å². The molecule has 4 N–H and O–H groups in total. The van der Waals surface area contributed by atoms with Crippen molar-refractivity contribution in [2.24, 2.45) is 0 Å². The van der Waals surface area contributed by atoms with Crippen molar-refractivity contribution in [3.63, 3.8) is 0 Å². The third-order valence-corrected chi connectivity index (χ3v) is 6.05. The molecule has 2 aliphatic heterocycles. The average Bonchev–Trinajstić information content (AvgIpc) is 3.50. The van der Waals surface area contributed by atoms with E-state index in [1.807, 2.05) is 6.07 Å². The molecule has 3 heterocycles. The number of hydrogen-bond acceptors (Lipinski definition) is 6. The number of aromatic nitrogens is 1. The highest BCUT2D eigenvalue weighted by Crippen LogP contribution is 2.44. The molecular weight excluding hydrogens is 382 g/mol. The number of nitrogen functional groups attached to an aromatic ring is 1. The second-order valence-electron chi connectivity index (χ2n) is 8.03. The zero-order chi connectivity index (χ0) is 21.0. The number of amides is 3. The Morgan fingerprint density at radius 2 is 1.87 bits per heavy atom. The van der Waals surface area contributed by atoms with Crippen LogP contribution < -0.4 is 16.4 Å². The molecular formula is C22H19N5O3. The van der Waals surface area contributed by atoms with Crippen molar-refractivity contribution in [1.29, 1.82) is 5.26 Å². The van der Waals surface area contributed by atoms with Gasteiger partial charge in [0.05, 0.1) is 17.2 Å². The molecule has 1 aliphatic carbocycles. The van der Waals surface area contributed by atoms with E-state index < -0.39 is 11.8 Å². The first-order valence-electron chi connectivity index (χ1n) is 9.96. The molecule has 150 valence electrons. The van der Waals surface area contributed by atoms with E-state index in [0.717, 1.165) is 24.0 Å². The maximum atomic E-state index is 12.6. The normalized spacial score (nSPS) is 20.4. The van der Waals surface area contributed by atoms with Crippen LogP contribution in [0.3, 0.4) is 0 Å². The Balaban J connectivity index is 1.71. The highest BCUT2D eigenvalue weighted by atomic mass is 16.2. The first-order valence-corrected chi connectivity index (χ1v) is 9.96. The monoisotopic (exact) mass is 401 g/mol. The predicted octanol–water partition coefficient (Wildman–Crippen LogP) is 1.84. The van der Waals surface area contributed by atoms with Crippen LogP contribution in [0.15, 0.2) is 18.2 Å². The number of rotatable bonds is 3. The van der Waals surface area contributed by atoms with E-state index in [4.69, 9.17) is 5.73 Å². The lowest BCUT2D eigenvalue weighted by molar-refractivity contribution is -0.134. The van der Waals surface area contributed by atoms with Gasteiger partial charge in [0.1, 0.15) is 11.9 Å². The van der Waals surface area contributed by atoms with Gasteiger partial charge in [-0.05, 0) is 60.1 Å². The number of nitrogens with two attached hydrogens (primary N) is 1. The van der Waals surface area contributed by atoms with Crippen LogP contribution in [-0.2, 0) is 16.1 Å². The summed E-state index contributed by atoms with van der Waals surface area (Å²) < 4.78 is 0. The number of anilines is 1. The van der Waals surface area contributed by atoms with E-state index >= 15 is 0 Å². The van der Waals surface area contributed by atoms with Crippen LogP contribution in [-0.4, -0.2) is 22.7 Å². The molecule has 8 nitrogen and oxygen atoms in total. The fourth-order valence-corrected chi connectivity index (χ4v) is 4.33. The van der Waals surface area contributed by atoms with Gasteiger partial charge in [-0.3, -0.25) is 19.7 Å². The molecule has 0 spiro atoms. The minimum atomic E-state index is -0.617. The largest absolute Gasteiger partial charge is 0.383 e. The second kappa shape index (κ2) is 6.66. The maximum Gasteiger partial charge on any atom is 0.251 e. The zero-order valence-electron chi connectivity index (χ0n) is 16.1. The molecule has 30 heavy (non-hydrogen) atoms. The van der Waals surface area contributed by atoms with E-state index in [1.54, 1.807) is 12.1 Å². The molecule has 3 amide bonds. The van der Waals surface area contributed by atoms with Crippen LogP contribution in [0, 0.1) is 11.3 Å². The van der Waals surface area contributed by atoms with Gasteiger partial charge in [0, 0.05) is 24.1 Å². The van der Waals surface area contributed by atoms with Crippen LogP contribution in [0.2, 0.25) is 0 Å². The van der Waals surface area contributed by atoms with E-state index in [-0.39, 0.29) is 18.2 Å². The zero-order valence-corrected chi connectivity index (χ0v) is 16.1. The Hall–Kier alpha value is -3.73. The molecule has 5 rings (SSSR count). The molecule has 8 heteroatoms. The van der Waals surface area contributed by atoms with Crippen LogP contribution >= 0.6 is 0 Å². The van der Waals surface area contributed by atoms with Crippen molar-refractivity contribution < 1.29 is 14.4 Å². The lowest BCUT2D eigenvalue weighted by Gasteiger charge is -2.24. The summed E-state index contributed by atoms with van der Waals surface area (Å²) in [7, 11) is 0. The van der Waals surface area contributed by atoms with Gasteiger partial charge in [-0.1, -0.05) is 0 Å². The van der Waals surface area contributed by atoms with Crippen molar-refractivity contribution in [2.45, 2.75) is 44.1 Å². The van der Waals surface area contributed by atoms with Crippen molar-refractivity contribution in [3.05, 3.63) is 46.0 Å². The van der Waals surface area contributed by atoms with Crippen molar-refractivity contribution >= 4 is 23.5 Å². The van der Waals surface area contributed by atoms with Crippen molar-refractivity contribution in [2.75, 3.05) is 5.73 Å². The third-order valence-electron chi connectivity index (χ3n) is 6.05. The Bertz CT molecular complexity index is 1180. The minimum Gasteiger partial charge on any atom is -0.383 e. The number of carbonyl (C=O) groups excluding carboxylic acids is 3. The lowest BCUT2D eigenvalue weighted by Crippen LogP contribution is -2.39. The number of nitriles is 1. The number of benzene rings is 1. The smallest absolute Gasteiger partial charge is 0.251 e. The molecule has 0 radical (unpaired) electrons. The summed E-state index contributed by atoms with van der Waals surface area (Å²) in [6, 6.07) is 7.51. The molecule has 1 atom stereocenters. The quantitative estimate of drug-likeness (QED) is 0.671. The summed E-state index contributed by atoms with van der Waals surface area (Å²) in [5, 5.41) is 14.9. The maximum absolute atomic E-state index is 12.6. The molecule has 1 aromatic carbocycles. The summed E-state index contributed by atoms with van der Waals surface area (Å²) in [4.78, 5) is 41.0. The second-order valence-corrected chi connectivity index (χ2v) is 8.03. The molecule has 2 fully saturated rings. The van der Waals surface area contributed by atoms with Gasteiger partial charge in [-0.25, -0.2) is 4.98 Å². The Morgan fingerprint density at radius 3 is 2.57 bits per heavy atom. The standard InChI is InChI=1S/C22H19N5O3/c23-8-11-5-14(10-1-2-10)20(24)27-19(11)17-6-12-9-25-21(29)15(12)7-16(17)13-3-4-18(28)26-22(13)30/h5-7,10,13H,1-4,9H2,(H2,24,27)(H,25,29)(H,26,28,30). The number of piperidine rings is 1. The van der Waals surface area contributed by atoms with Gasteiger partial charge in [-0.2, -0.15) is 5.26 Å². The van der Waals surface area contributed by atoms with Gasteiger partial charge in [0.2, 0.25) is 11.8 Å². The summed E-state index contributed by atoms with van der Waals surface area (Å²) in [5.41, 5.74) is 10.4. The van der Waals surface area contributed by atoms with E-state index in [9.17, 15) is 19.6 Å². The van der Waals surface area contributed by atoms with E-state index in [0.29, 0.717) is 52.6 Å². The van der Waals surface area contributed by atoms with Crippen molar-refractivity contribution in [3.8, 4) is 17.3 Å². The number of carbonyl (C=O) groups is 3. The average molecular weight is 401 g/mol. The number of pyridine rings is 1. The fraction of sp³-hybridized carbons (Fsp3) is 0.318. The first kappa shape index (κ1) is 18.3. The molecule has 3 aliphatic rings. The van der Waals surface area contributed by atoms with Crippen LogP contribution in [0.5, 0.6) is 0 Å². The fourth-order valence-electron chi connectivity index (χ4n) is 4.33. The summed E-state index contributed by atoms with van der Waals surface area (Å²) in [6.07, 6.45) is 2.60. The predicted molar refractivity (Wildman–Crippen MR) is 107 cm³/mol. The highest BCUT2D eigenvalue weighted by molar-refractivity contribution is 6.03. The Kier molecular flexibility index (Phi) is 4.07. The minimum absolute atomic E-state index is 0.206. The van der Waals surface area contributed by atoms with Gasteiger partial charge in [0.25, 0.3) is 5.91 Å². The van der Waals surface area contributed by atoms with E-state index in [2.05, 4.69) is 21.7 Å².